The fraction of sp³-hybridized carbons (Fsp3) is 0.143. The highest BCUT2D eigenvalue weighted by Crippen LogP contribution is 1.96. The Bertz CT molecular complexity index is 186. The zero-order chi connectivity index (χ0) is 5.98. The van der Waals surface area contributed by atoms with Crippen LogP contribution in [0.3, 0.4) is 0 Å². The lowest BCUT2D eigenvalue weighted by atomic mass is 10.4. The molecule has 1 rings (SSSR count). The van der Waals surface area contributed by atoms with E-state index >= 15 is 0 Å². The van der Waals surface area contributed by atoms with Crippen LogP contribution in [0.1, 0.15) is 5.56 Å². The van der Waals surface area contributed by atoms with Crippen molar-refractivity contribution in [3.05, 3.63) is 30.6 Å². The molecule has 0 saturated heterocycles. The van der Waals surface area contributed by atoms with Gasteiger partial charge in [-0.15, -0.1) is 0 Å². The first-order valence-corrected chi connectivity index (χ1v) is 2.59. The van der Waals surface area contributed by atoms with Crippen molar-refractivity contribution in [2.24, 2.45) is 0 Å². The molecule has 0 aromatic carbocycles. The first kappa shape index (κ1) is 5.16. The molecule has 0 aliphatic rings. The van der Waals surface area contributed by atoms with Crippen LogP contribution in [0.2, 0.25) is 0 Å². The van der Waals surface area contributed by atoms with Crippen molar-refractivity contribution < 1.29 is 0 Å². The van der Waals surface area contributed by atoms with Crippen molar-refractivity contribution in [1.82, 2.24) is 4.57 Å². The second-order valence-electron chi connectivity index (χ2n) is 1.82. The quantitative estimate of drug-likeness (QED) is 0.516. The summed E-state index contributed by atoms with van der Waals surface area (Å²) in [5.41, 5.74) is 1.27. The van der Waals surface area contributed by atoms with Gasteiger partial charge in [0.05, 0.1) is 0 Å². The summed E-state index contributed by atoms with van der Waals surface area (Å²) in [5, 5.41) is 0. The van der Waals surface area contributed by atoms with Gasteiger partial charge < -0.3 is 4.57 Å². The molecule has 0 N–H and O–H groups in total. The molecule has 42 valence electrons. The van der Waals surface area contributed by atoms with Crippen LogP contribution in [-0.2, 0) is 0 Å². The van der Waals surface area contributed by atoms with Crippen LogP contribution in [0.15, 0.2) is 25.0 Å². The summed E-state index contributed by atoms with van der Waals surface area (Å²) in [6.07, 6.45) is 5.77. The summed E-state index contributed by atoms with van der Waals surface area (Å²) in [4.78, 5) is 0. The Morgan fingerprint density at radius 3 is 2.75 bits per heavy atom. The molecule has 0 aliphatic heterocycles. The van der Waals surface area contributed by atoms with E-state index < -0.39 is 0 Å². The molecule has 0 fully saturated rings. The topological polar surface area (TPSA) is 4.93 Å². The number of nitrogens with zero attached hydrogens (tertiary/aromatic N) is 1. The highest BCUT2D eigenvalue weighted by atomic mass is 14.9. The summed E-state index contributed by atoms with van der Waals surface area (Å²) in [6, 6.07) is 2.04. The van der Waals surface area contributed by atoms with Crippen LogP contribution >= 0.6 is 0 Å². The SMILES string of the molecule is C=Cn1ccc(C)c1. The van der Waals surface area contributed by atoms with E-state index in [1.807, 2.05) is 23.0 Å². The lowest BCUT2D eigenvalue weighted by Gasteiger charge is -1.84. The van der Waals surface area contributed by atoms with Crippen molar-refractivity contribution in [3.8, 4) is 0 Å². The highest BCUT2D eigenvalue weighted by molar-refractivity contribution is 5.21. The van der Waals surface area contributed by atoms with Crippen LogP contribution in [-0.4, -0.2) is 4.57 Å². The minimum absolute atomic E-state index is 1.27. The number of hydrogen-bond acceptors (Lipinski definition) is 0. The number of aryl methyl sites for hydroxylation is 1. The third kappa shape index (κ3) is 0.808. The lowest BCUT2D eigenvalue weighted by molar-refractivity contribution is 1.17. The van der Waals surface area contributed by atoms with Gasteiger partial charge in [0.15, 0.2) is 0 Å². The average Bonchev–Trinajstić information content (AvgIpc) is 2.14. The monoisotopic (exact) mass is 107 g/mol. The fourth-order valence-corrected chi connectivity index (χ4v) is 0.638. The summed E-state index contributed by atoms with van der Waals surface area (Å²) < 4.78 is 1.93. The lowest BCUT2D eigenvalue weighted by Crippen LogP contribution is -1.73. The van der Waals surface area contributed by atoms with Gasteiger partial charge in [0.25, 0.3) is 0 Å². The summed E-state index contributed by atoms with van der Waals surface area (Å²) >= 11 is 0. The minimum atomic E-state index is 1.27. The molecule has 0 unspecified atom stereocenters. The third-order valence-corrected chi connectivity index (χ3v) is 1.07. The van der Waals surface area contributed by atoms with E-state index in [4.69, 9.17) is 0 Å². The molecule has 1 aromatic rings. The van der Waals surface area contributed by atoms with E-state index in [0.717, 1.165) is 0 Å². The van der Waals surface area contributed by atoms with Crippen LogP contribution in [0.25, 0.3) is 6.20 Å². The first-order chi connectivity index (χ1) is 3.83. The Kier molecular flexibility index (Phi) is 1.20. The van der Waals surface area contributed by atoms with Crippen LogP contribution in [0.4, 0.5) is 0 Å². The zero-order valence-corrected chi connectivity index (χ0v) is 4.96. The van der Waals surface area contributed by atoms with Crippen LogP contribution < -0.4 is 0 Å². The molecular formula is C7H9N. The van der Waals surface area contributed by atoms with Crippen molar-refractivity contribution in [1.29, 1.82) is 0 Å². The molecular weight excluding hydrogens is 98.1 g/mol. The smallest absolute Gasteiger partial charge is 0.0111 e. The van der Waals surface area contributed by atoms with Gasteiger partial charge in [0.2, 0.25) is 0 Å². The molecule has 1 heteroatoms. The summed E-state index contributed by atoms with van der Waals surface area (Å²) in [7, 11) is 0. The molecule has 0 bridgehead atoms. The fourth-order valence-electron chi connectivity index (χ4n) is 0.638. The maximum absolute atomic E-state index is 3.61. The molecule has 0 radical (unpaired) electrons. The van der Waals surface area contributed by atoms with E-state index in [0.29, 0.717) is 0 Å². The van der Waals surface area contributed by atoms with Crippen LogP contribution in [0, 0.1) is 6.92 Å². The molecule has 0 saturated carbocycles. The first-order valence-electron chi connectivity index (χ1n) is 2.59. The number of rotatable bonds is 1. The molecule has 0 aliphatic carbocycles. The van der Waals surface area contributed by atoms with E-state index in [9.17, 15) is 0 Å². The van der Waals surface area contributed by atoms with Gasteiger partial charge in [-0.2, -0.15) is 0 Å². The Hall–Kier alpha value is -0.980. The zero-order valence-electron chi connectivity index (χ0n) is 4.96. The van der Waals surface area contributed by atoms with Gasteiger partial charge in [0, 0.05) is 18.6 Å². The molecule has 0 spiro atoms. The van der Waals surface area contributed by atoms with E-state index in [2.05, 4.69) is 13.5 Å². The van der Waals surface area contributed by atoms with Gasteiger partial charge in [-0.05, 0) is 18.6 Å². The predicted molar refractivity (Wildman–Crippen MR) is 35.6 cm³/mol. The van der Waals surface area contributed by atoms with Crippen molar-refractivity contribution in [3.63, 3.8) is 0 Å². The summed E-state index contributed by atoms with van der Waals surface area (Å²) in [5.74, 6) is 0. The molecule has 0 atom stereocenters. The minimum Gasteiger partial charge on any atom is -0.331 e. The van der Waals surface area contributed by atoms with Crippen molar-refractivity contribution in [2.45, 2.75) is 6.92 Å². The van der Waals surface area contributed by atoms with Crippen molar-refractivity contribution >= 4 is 6.20 Å². The Morgan fingerprint density at radius 1 is 1.75 bits per heavy atom. The number of aromatic nitrogens is 1. The molecule has 1 aromatic heterocycles. The second kappa shape index (κ2) is 1.86. The van der Waals surface area contributed by atoms with Gasteiger partial charge >= 0.3 is 0 Å². The number of hydrogen-bond donors (Lipinski definition) is 0. The molecule has 1 nitrogen and oxygen atoms in total. The standard InChI is InChI=1S/C7H9N/c1-3-8-5-4-7(2)6-8/h3-6H,1H2,2H3. The Labute approximate surface area is 49.3 Å². The van der Waals surface area contributed by atoms with Gasteiger partial charge in [0.1, 0.15) is 0 Å². The van der Waals surface area contributed by atoms with Gasteiger partial charge in [-0.1, -0.05) is 6.58 Å². The largest absolute Gasteiger partial charge is 0.331 e. The maximum Gasteiger partial charge on any atom is 0.0111 e. The molecule has 1 heterocycles. The third-order valence-electron chi connectivity index (χ3n) is 1.07. The average molecular weight is 107 g/mol. The second-order valence-corrected chi connectivity index (χ2v) is 1.82. The highest BCUT2D eigenvalue weighted by Gasteiger charge is 1.82. The Balaban J connectivity index is 3.00. The van der Waals surface area contributed by atoms with Gasteiger partial charge in [-0.3, -0.25) is 0 Å². The normalized spacial score (nSPS) is 9.12. The predicted octanol–water partition coefficient (Wildman–Crippen LogP) is 1.90. The molecule has 8 heavy (non-hydrogen) atoms. The maximum atomic E-state index is 3.61. The van der Waals surface area contributed by atoms with E-state index in [-0.39, 0.29) is 0 Å². The van der Waals surface area contributed by atoms with Crippen LogP contribution in [0.5, 0.6) is 0 Å². The van der Waals surface area contributed by atoms with E-state index in [1.165, 1.54) is 5.56 Å². The van der Waals surface area contributed by atoms with Crippen molar-refractivity contribution in [2.75, 3.05) is 0 Å². The Morgan fingerprint density at radius 2 is 2.50 bits per heavy atom. The van der Waals surface area contributed by atoms with Gasteiger partial charge in [-0.25, -0.2) is 0 Å². The van der Waals surface area contributed by atoms with E-state index in [1.54, 1.807) is 6.20 Å². The molecule has 0 amide bonds. The summed E-state index contributed by atoms with van der Waals surface area (Å²) in [6.45, 7) is 5.66.